The molecule has 1 aliphatic rings. The summed E-state index contributed by atoms with van der Waals surface area (Å²) < 4.78 is 25.7. The highest BCUT2D eigenvalue weighted by atomic mass is 35.5. The van der Waals surface area contributed by atoms with E-state index in [-0.39, 0.29) is 30.6 Å². The number of amides is 1. The summed E-state index contributed by atoms with van der Waals surface area (Å²) in [4.78, 5) is 11.9. The first-order valence-corrected chi connectivity index (χ1v) is 9.45. The van der Waals surface area contributed by atoms with Crippen molar-refractivity contribution in [1.29, 1.82) is 0 Å². The van der Waals surface area contributed by atoms with Crippen LogP contribution in [0.1, 0.15) is 10.4 Å². The molecule has 2 rings (SSSR count). The Labute approximate surface area is 141 Å². The number of hydrogen-bond acceptors (Lipinski definition) is 5. The van der Waals surface area contributed by atoms with E-state index in [4.69, 9.17) is 5.73 Å². The first-order chi connectivity index (χ1) is 10.0. The Kier molecular flexibility index (Phi) is 7.47. The molecule has 0 aliphatic carbocycles. The highest BCUT2D eigenvalue weighted by Crippen LogP contribution is 2.13. The van der Waals surface area contributed by atoms with Crippen LogP contribution < -0.4 is 11.1 Å². The molecule has 1 aliphatic heterocycles. The van der Waals surface area contributed by atoms with Gasteiger partial charge in [-0.25, -0.2) is 12.7 Å². The molecule has 1 heterocycles. The molecular weight excluding hydrogens is 346 g/mol. The molecule has 0 saturated carbocycles. The van der Waals surface area contributed by atoms with Gasteiger partial charge in [-0.15, -0.1) is 12.4 Å². The van der Waals surface area contributed by atoms with Crippen LogP contribution in [0.4, 0.5) is 5.69 Å². The van der Waals surface area contributed by atoms with Crippen molar-refractivity contribution in [3.8, 4) is 0 Å². The smallest absolute Gasteiger partial charge is 0.253 e. The van der Waals surface area contributed by atoms with Gasteiger partial charge in [0.15, 0.2) is 0 Å². The van der Waals surface area contributed by atoms with Gasteiger partial charge in [0, 0.05) is 36.8 Å². The maximum absolute atomic E-state index is 12.1. The largest absolute Gasteiger partial charge is 0.398 e. The summed E-state index contributed by atoms with van der Waals surface area (Å²) in [7, 11) is -3.30. The SMILES string of the molecule is Cl.Nc1ccccc1C(=O)NCCS(=O)(=O)N1CCSCC1. The quantitative estimate of drug-likeness (QED) is 0.753. The van der Waals surface area contributed by atoms with Gasteiger partial charge in [0.2, 0.25) is 10.0 Å². The van der Waals surface area contributed by atoms with Crippen molar-refractivity contribution in [2.75, 3.05) is 42.6 Å². The number of carbonyl (C=O) groups is 1. The van der Waals surface area contributed by atoms with Crippen molar-refractivity contribution < 1.29 is 13.2 Å². The molecule has 1 aromatic rings. The van der Waals surface area contributed by atoms with Crippen molar-refractivity contribution in [2.45, 2.75) is 0 Å². The second-order valence-corrected chi connectivity index (χ2v) is 7.98. The summed E-state index contributed by atoms with van der Waals surface area (Å²) >= 11 is 1.75. The number of thioether (sulfide) groups is 1. The Morgan fingerprint density at radius 1 is 1.27 bits per heavy atom. The number of sulfonamides is 1. The molecule has 0 atom stereocenters. The molecule has 9 heteroatoms. The normalized spacial score (nSPS) is 15.8. The van der Waals surface area contributed by atoms with Gasteiger partial charge in [-0.3, -0.25) is 4.79 Å². The fraction of sp³-hybridized carbons (Fsp3) is 0.462. The van der Waals surface area contributed by atoms with Gasteiger partial charge in [-0.1, -0.05) is 12.1 Å². The molecule has 124 valence electrons. The van der Waals surface area contributed by atoms with E-state index < -0.39 is 10.0 Å². The van der Waals surface area contributed by atoms with E-state index in [0.717, 1.165) is 11.5 Å². The lowest BCUT2D eigenvalue weighted by molar-refractivity contribution is 0.0957. The molecule has 1 saturated heterocycles. The molecule has 3 N–H and O–H groups in total. The minimum absolute atomic E-state index is 0. The molecule has 6 nitrogen and oxygen atoms in total. The topological polar surface area (TPSA) is 92.5 Å². The molecule has 1 amide bonds. The third-order valence-corrected chi connectivity index (χ3v) is 6.03. The minimum Gasteiger partial charge on any atom is -0.398 e. The molecule has 0 bridgehead atoms. The van der Waals surface area contributed by atoms with Crippen molar-refractivity contribution in [2.24, 2.45) is 0 Å². The zero-order valence-electron chi connectivity index (χ0n) is 12.0. The number of nitrogens with zero attached hydrogens (tertiary/aromatic N) is 1. The average molecular weight is 366 g/mol. The summed E-state index contributed by atoms with van der Waals surface area (Å²) in [6, 6.07) is 6.70. The monoisotopic (exact) mass is 365 g/mol. The molecule has 0 spiro atoms. The van der Waals surface area contributed by atoms with Crippen LogP contribution in [0.2, 0.25) is 0 Å². The predicted octanol–water partition coefficient (Wildman–Crippen LogP) is 0.799. The lowest BCUT2D eigenvalue weighted by Gasteiger charge is -2.25. The Balaban J connectivity index is 0.00000242. The van der Waals surface area contributed by atoms with Crippen LogP contribution in [0, 0.1) is 0 Å². The van der Waals surface area contributed by atoms with Crippen LogP contribution in [0.5, 0.6) is 0 Å². The summed E-state index contributed by atoms with van der Waals surface area (Å²) in [5.74, 6) is 1.21. The number of nitrogen functional groups attached to an aromatic ring is 1. The molecule has 1 fully saturated rings. The summed E-state index contributed by atoms with van der Waals surface area (Å²) in [6.07, 6.45) is 0. The minimum atomic E-state index is -3.30. The number of halogens is 1. The average Bonchev–Trinajstić information content (AvgIpc) is 2.48. The van der Waals surface area contributed by atoms with E-state index in [0.29, 0.717) is 24.3 Å². The van der Waals surface area contributed by atoms with E-state index in [1.54, 1.807) is 36.0 Å². The van der Waals surface area contributed by atoms with Crippen molar-refractivity contribution >= 4 is 45.8 Å². The van der Waals surface area contributed by atoms with Crippen molar-refractivity contribution in [1.82, 2.24) is 9.62 Å². The van der Waals surface area contributed by atoms with Crippen LogP contribution >= 0.6 is 24.2 Å². The lowest BCUT2D eigenvalue weighted by Crippen LogP contribution is -2.41. The summed E-state index contributed by atoms with van der Waals surface area (Å²) in [6.45, 7) is 1.18. The first-order valence-electron chi connectivity index (χ1n) is 6.69. The molecule has 0 aromatic heterocycles. The van der Waals surface area contributed by atoms with Gasteiger partial charge in [0.05, 0.1) is 11.3 Å². The van der Waals surface area contributed by atoms with E-state index in [1.807, 2.05) is 0 Å². The predicted molar refractivity (Wildman–Crippen MR) is 93.1 cm³/mol. The third kappa shape index (κ3) is 5.05. The molecule has 0 unspecified atom stereocenters. The zero-order valence-corrected chi connectivity index (χ0v) is 14.5. The third-order valence-electron chi connectivity index (χ3n) is 3.21. The second kappa shape index (κ2) is 8.61. The Morgan fingerprint density at radius 2 is 1.91 bits per heavy atom. The number of carbonyl (C=O) groups excluding carboxylic acids is 1. The van der Waals surface area contributed by atoms with Gasteiger partial charge in [0.25, 0.3) is 5.91 Å². The van der Waals surface area contributed by atoms with Crippen LogP contribution in [0.15, 0.2) is 24.3 Å². The van der Waals surface area contributed by atoms with E-state index in [1.165, 1.54) is 4.31 Å². The molecule has 22 heavy (non-hydrogen) atoms. The number of para-hydroxylation sites is 1. The van der Waals surface area contributed by atoms with Crippen LogP contribution in [-0.4, -0.2) is 55.5 Å². The number of hydrogen-bond donors (Lipinski definition) is 2. The van der Waals surface area contributed by atoms with Crippen molar-refractivity contribution in [3.63, 3.8) is 0 Å². The molecule has 1 aromatic carbocycles. The van der Waals surface area contributed by atoms with Gasteiger partial charge in [0.1, 0.15) is 0 Å². The Morgan fingerprint density at radius 3 is 2.55 bits per heavy atom. The van der Waals surface area contributed by atoms with E-state index in [2.05, 4.69) is 5.32 Å². The number of rotatable bonds is 5. The van der Waals surface area contributed by atoms with Crippen LogP contribution in [0.25, 0.3) is 0 Å². The van der Waals surface area contributed by atoms with Gasteiger partial charge < -0.3 is 11.1 Å². The fourth-order valence-corrected chi connectivity index (χ4v) is 4.54. The molecular formula is C13H20ClN3O3S2. The van der Waals surface area contributed by atoms with Crippen LogP contribution in [0.3, 0.4) is 0 Å². The highest BCUT2D eigenvalue weighted by molar-refractivity contribution is 7.99. The second-order valence-electron chi connectivity index (χ2n) is 4.67. The van der Waals surface area contributed by atoms with Crippen LogP contribution in [-0.2, 0) is 10.0 Å². The number of nitrogens with two attached hydrogens (primary N) is 1. The van der Waals surface area contributed by atoms with Gasteiger partial charge in [-0.2, -0.15) is 11.8 Å². The van der Waals surface area contributed by atoms with E-state index in [9.17, 15) is 13.2 Å². The number of nitrogens with one attached hydrogen (secondary N) is 1. The van der Waals surface area contributed by atoms with Crippen molar-refractivity contribution in [3.05, 3.63) is 29.8 Å². The first kappa shape index (κ1) is 19.1. The number of benzene rings is 1. The zero-order chi connectivity index (χ0) is 15.3. The Bertz CT molecular complexity index is 604. The standard InChI is InChI=1S/C13H19N3O3S2.ClH/c14-12-4-2-1-3-11(12)13(17)15-5-10-21(18,19)16-6-8-20-9-7-16;/h1-4H,5-10,14H2,(H,15,17);1H. The van der Waals surface area contributed by atoms with Gasteiger partial charge >= 0.3 is 0 Å². The lowest BCUT2D eigenvalue weighted by atomic mass is 10.2. The Hall–Kier alpha value is -0.960. The maximum atomic E-state index is 12.1. The molecule has 0 radical (unpaired) electrons. The fourth-order valence-electron chi connectivity index (χ4n) is 2.05. The highest BCUT2D eigenvalue weighted by Gasteiger charge is 2.23. The summed E-state index contributed by atoms with van der Waals surface area (Å²) in [5.41, 5.74) is 6.45. The summed E-state index contributed by atoms with van der Waals surface area (Å²) in [5, 5.41) is 2.61. The number of anilines is 1. The maximum Gasteiger partial charge on any atom is 0.253 e. The van der Waals surface area contributed by atoms with Gasteiger partial charge in [-0.05, 0) is 12.1 Å². The van der Waals surface area contributed by atoms with E-state index >= 15 is 0 Å².